The minimum Gasteiger partial charge on any atom is -0.372 e. The fourth-order valence-corrected chi connectivity index (χ4v) is 7.25. The maximum absolute atomic E-state index is 14.3. The number of carbonyl (C=O) groups excluding carboxylic acids is 3. The summed E-state index contributed by atoms with van der Waals surface area (Å²) in [6.07, 6.45) is 4.51. The van der Waals surface area contributed by atoms with Crippen LogP contribution in [0.4, 0.5) is 0 Å². The summed E-state index contributed by atoms with van der Waals surface area (Å²) in [6, 6.07) is 15.3. The van der Waals surface area contributed by atoms with Crippen LogP contribution in [0.3, 0.4) is 0 Å². The lowest BCUT2D eigenvalue weighted by Crippen LogP contribution is -2.55. The number of aliphatic hydroxyl groups is 1. The molecule has 3 amide bonds. The summed E-state index contributed by atoms with van der Waals surface area (Å²) < 4.78 is 0. The van der Waals surface area contributed by atoms with E-state index in [0.29, 0.717) is 30.6 Å². The van der Waals surface area contributed by atoms with Crippen LogP contribution >= 0.6 is 0 Å². The minimum absolute atomic E-state index is 0.0215. The number of likely N-dealkylation sites (tertiary alicyclic amines) is 1. The van der Waals surface area contributed by atoms with Crippen LogP contribution in [0.5, 0.6) is 0 Å². The van der Waals surface area contributed by atoms with Crippen molar-refractivity contribution in [2.75, 3.05) is 13.1 Å². The number of nitrogens with zero attached hydrogens (tertiary/aromatic N) is 2. The molecule has 8 nitrogen and oxygen atoms in total. The third-order valence-electron chi connectivity index (χ3n) is 9.05. The van der Waals surface area contributed by atoms with Crippen molar-refractivity contribution in [3.8, 4) is 17.2 Å². The van der Waals surface area contributed by atoms with Gasteiger partial charge in [-0.05, 0) is 55.1 Å². The number of nitriles is 1. The number of benzene rings is 2. The number of hydrogen-bond donors (Lipinski definition) is 3. The second-order valence-corrected chi connectivity index (χ2v) is 11.1. The van der Waals surface area contributed by atoms with Gasteiger partial charge < -0.3 is 20.6 Å². The Kier molecular flexibility index (Phi) is 6.19. The number of nitrogens with one attached hydrogen (secondary N) is 2. The highest BCUT2D eigenvalue weighted by molar-refractivity contribution is 6.01. The molecule has 0 unspecified atom stereocenters. The van der Waals surface area contributed by atoms with Crippen molar-refractivity contribution in [1.82, 2.24) is 15.5 Å². The molecule has 3 N–H and O–H groups in total. The first kappa shape index (κ1) is 24.6. The van der Waals surface area contributed by atoms with E-state index in [1.807, 2.05) is 36.4 Å². The average Bonchev–Trinajstić information content (AvgIpc) is 3.61. The fourth-order valence-electron chi connectivity index (χ4n) is 7.25. The molecule has 38 heavy (non-hydrogen) atoms. The zero-order valence-electron chi connectivity index (χ0n) is 21.2. The molecule has 8 heteroatoms. The van der Waals surface area contributed by atoms with Gasteiger partial charge in [-0.25, -0.2) is 0 Å². The van der Waals surface area contributed by atoms with Crippen molar-refractivity contribution in [2.24, 2.45) is 17.8 Å². The van der Waals surface area contributed by atoms with Crippen molar-refractivity contribution in [3.63, 3.8) is 0 Å². The Morgan fingerprint density at radius 1 is 1.08 bits per heavy atom. The molecule has 196 valence electrons. The van der Waals surface area contributed by atoms with Crippen LogP contribution in [-0.2, 0) is 20.0 Å². The van der Waals surface area contributed by atoms with E-state index < -0.39 is 23.6 Å². The van der Waals surface area contributed by atoms with Gasteiger partial charge in [0.1, 0.15) is 12.1 Å². The lowest BCUT2D eigenvalue weighted by molar-refractivity contribution is -0.152. The Labute approximate surface area is 222 Å². The van der Waals surface area contributed by atoms with Gasteiger partial charge in [-0.15, -0.1) is 0 Å². The third-order valence-corrected chi connectivity index (χ3v) is 9.05. The molecular weight excluding hydrogens is 480 g/mol. The van der Waals surface area contributed by atoms with E-state index in [4.69, 9.17) is 0 Å². The molecule has 2 aromatic carbocycles. The summed E-state index contributed by atoms with van der Waals surface area (Å²) >= 11 is 0. The van der Waals surface area contributed by atoms with Crippen LogP contribution < -0.4 is 10.6 Å². The molecule has 0 aromatic heterocycles. The summed E-state index contributed by atoms with van der Waals surface area (Å²) in [6.45, 7) is 1.03. The van der Waals surface area contributed by atoms with E-state index in [2.05, 4.69) is 16.7 Å². The summed E-state index contributed by atoms with van der Waals surface area (Å²) in [5, 5.41) is 27.6. The SMILES string of the molecule is N#C[C@H](C[C@H]1CCCNC1=O)NC(=O)[C@H]1[C@H]2CCC[C@H]2CN1C(=O)C1(O)c2ccccc2-c2ccccc21. The molecule has 6 rings (SSSR count). The van der Waals surface area contributed by atoms with Gasteiger partial charge in [0.2, 0.25) is 11.8 Å². The zero-order valence-corrected chi connectivity index (χ0v) is 21.2. The highest BCUT2D eigenvalue weighted by Crippen LogP contribution is 2.50. The van der Waals surface area contributed by atoms with E-state index in [0.717, 1.165) is 36.8 Å². The van der Waals surface area contributed by atoms with Crippen molar-refractivity contribution in [1.29, 1.82) is 5.26 Å². The first-order chi connectivity index (χ1) is 18.4. The molecule has 2 aromatic rings. The fraction of sp³-hybridized carbons (Fsp3) is 0.467. The standard InChI is InChI=1S/C30H32N4O4/c31-16-20(15-18-8-6-14-32-27(18)35)33-28(36)26-21-11-5-7-19(21)17-34(26)29(37)30(38)24-12-3-1-9-22(24)23-10-2-4-13-25(23)30/h1-4,9-10,12-13,18-21,26,38H,5-8,11,14-15,17H2,(H,32,35)(H,33,36)/t18-,19+,20+,21+,26-/m1/s1. The summed E-state index contributed by atoms with van der Waals surface area (Å²) in [7, 11) is 0. The highest BCUT2D eigenvalue weighted by atomic mass is 16.3. The predicted molar refractivity (Wildman–Crippen MR) is 139 cm³/mol. The Morgan fingerprint density at radius 2 is 1.76 bits per heavy atom. The monoisotopic (exact) mass is 512 g/mol. The topological polar surface area (TPSA) is 123 Å². The number of piperidine rings is 1. The van der Waals surface area contributed by atoms with E-state index in [-0.39, 0.29) is 36.0 Å². The molecule has 2 saturated heterocycles. The minimum atomic E-state index is -1.89. The van der Waals surface area contributed by atoms with Gasteiger partial charge in [0.15, 0.2) is 5.60 Å². The number of fused-ring (bicyclic) bond motifs is 4. The van der Waals surface area contributed by atoms with E-state index >= 15 is 0 Å². The molecule has 0 spiro atoms. The molecular formula is C30H32N4O4. The Morgan fingerprint density at radius 3 is 2.42 bits per heavy atom. The quantitative estimate of drug-likeness (QED) is 0.568. The van der Waals surface area contributed by atoms with Gasteiger partial charge in [0.05, 0.1) is 6.07 Å². The normalized spacial score (nSPS) is 27.5. The van der Waals surface area contributed by atoms with Crippen LogP contribution in [0.15, 0.2) is 48.5 Å². The van der Waals surface area contributed by atoms with Crippen molar-refractivity contribution >= 4 is 17.7 Å². The number of carbonyl (C=O) groups is 3. The Hall–Kier alpha value is -3.70. The smallest absolute Gasteiger partial charge is 0.264 e. The molecule has 0 bridgehead atoms. The van der Waals surface area contributed by atoms with Crippen LogP contribution in [0.2, 0.25) is 0 Å². The Balaban J connectivity index is 1.30. The number of rotatable bonds is 5. The van der Waals surface area contributed by atoms with Crippen molar-refractivity contribution < 1.29 is 19.5 Å². The summed E-state index contributed by atoms with van der Waals surface area (Å²) in [5.41, 5.74) is 0.796. The molecule has 3 fully saturated rings. The van der Waals surface area contributed by atoms with Crippen LogP contribution in [0.25, 0.3) is 11.1 Å². The van der Waals surface area contributed by atoms with Gasteiger partial charge in [-0.1, -0.05) is 55.0 Å². The first-order valence-electron chi connectivity index (χ1n) is 13.6. The van der Waals surface area contributed by atoms with E-state index in [1.54, 1.807) is 17.0 Å². The third kappa shape index (κ3) is 3.80. The van der Waals surface area contributed by atoms with Crippen molar-refractivity contribution in [2.45, 2.75) is 56.2 Å². The summed E-state index contributed by atoms with van der Waals surface area (Å²) in [5.74, 6) is -1.12. The van der Waals surface area contributed by atoms with Gasteiger partial charge in [-0.2, -0.15) is 5.26 Å². The second-order valence-electron chi connectivity index (χ2n) is 11.1. The van der Waals surface area contributed by atoms with Gasteiger partial charge in [0.25, 0.3) is 5.91 Å². The predicted octanol–water partition coefficient (Wildman–Crippen LogP) is 2.45. The molecule has 2 aliphatic heterocycles. The maximum atomic E-state index is 14.3. The van der Waals surface area contributed by atoms with Crippen LogP contribution in [0, 0.1) is 29.1 Å². The molecule has 2 aliphatic carbocycles. The first-order valence-corrected chi connectivity index (χ1v) is 13.6. The van der Waals surface area contributed by atoms with Gasteiger partial charge in [0, 0.05) is 30.1 Å². The van der Waals surface area contributed by atoms with E-state index in [9.17, 15) is 24.8 Å². The lowest BCUT2D eigenvalue weighted by Gasteiger charge is -2.34. The highest BCUT2D eigenvalue weighted by Gasteiger charge is 2.56. The number of hydrogen-bond acceptors (Lipinski definition) is 5. The van der Waals surface area contributed by atoms with Crippen LogP contribution in [-0.4, -0.2) is 52.9 Å². The molecule has 0 radical (unpaired) electrons. The zero-order chi connectivity index (χ0) is 26.4. The average molecular weight is 513 g/mol. The van der Waals surface area contributed by atoms with Crippen LogP contribution in [0.1, 0.15) is 49.7 Å². The van der Waals surface area contributed by atoms with Gasteiger partial charge in [-0.3, -0.25) is 14.4 Å². The molecule has 2 heterocycles. The largest absolute Gasteiger partial charge is 0.372 e. The molecule has 4 aliphatic rings. The van der Waals surface area contributed by atoms with E-state index in [1.165, 1.54) is 0 Å². The van der Waals surface area contributed by atoms with Gasteiger partial charge >= 0.3 is 0 Å². The number of amides is 3. The lowest BCUT2D eigenvalue weighted by atomic mass is 9.88. The molecule has 5 atom stereocenters. The molecule has 1 saturated carbocycles. The second kappa shape index (κ2) is 9.55. The summed E-state index contributed by atoms with van der Waals surface area (Å²) in [4.78, 5) is 41.9. The Bertz CT molecular complexity index is 1290. The maximum Gasteiger partial charge on any atom is 0.264 e. The van der Waals surface area contributed by atoms with Crippen molar-refractivity contribution in [3.05, 3.63) is 59.7 Å².